The van der Waals surface area contributed by atoms with Gasteiger partial charge >= 0.3 is 0 Å². The molecule has 0 unspecified atom stereocenters. The number of hydrogen-bond donors (Lipinski definition) is 1. The summed E-state index contributed by atoms with van der Waals surface area (Å²) < 4.78 is 0. The molecule has 1 saturated heterocycles. The van der Waals surface area contributed by atoms with E-state index < -0.39 is 17.7 Å². The second kappa shape index (κ2) is 8.62. The van der Waals surface area contributed by atoms with Gasteiger partial charge in [0.05, 0.1) is 11.6 Å². The Morgan fingerprint density at radius 2 is 1.52 bits per heavy atom. The van der Waals surface area contributed by atoms with E-state index in [1.54, 1.807) is 17.0 Å². The van der Waals surface area contributed by atoms with E-state index in [0.717, 1.165) is 29.7 Å². The Bertz CT molecular complexity index is 928. The summed E-state index contributed by atoms with van der Waals surface area (Å²) in [4.78, 5) is 29.4. The number of carbonyl (C=O) groups excluding carboxylic acids is 2. The van der Waals surface area contributed by atoms with Gasteiger partial charge < -0.3 is 14.9 Å². The number of benzene rings is 2. The van der Waals surface area contributed by atoms with Crippen molar-refractivity contribution < 1.29 is 14.7 Å². The number of carbonyl (C=O) groups is 2. The molecule has 1 atom stereocenters. The molecule has 0 saturated carbocycles. The van der Waals surface area contributed by atoms with Crippen molar-refractivity contribution in [2.75, 3.05) is 27.2 Å². The van der Waals surface area contributed by atoms with Crippen LogP contribution in [0.3, 0.4) is 0 Å². The molecule has 0 aliphatic carbocycles. The van der Waals surface area contributed by atoms with Crippen LogP contribution in [-0.4, -0.2) is 53.8 Å². The van der Waals surface area contributed by atoms with Crippen LogP contribution < -0.4 is 0 Å². The van der Waals surface area contributed by atoms with Crippen molar-refractivity contribution in [2.24, 2.45) is 0 Å². The van der Waals surface area contributed by atoms with Gasteiger partial charge in [-0.25, -0.2) is 0 Å². The summed E-state index contributed by atoms with van der Waals surface area (Å²) in [5.74, 6) is -1.30. The van der Waals surface area contributed by atoms with E-state index in [4.69, 9.17) is 0 Å². The van der Waals surface area contributed by atoms with Gasteiger partial charge in [0.15, 0.2) is 0 Å². The topological polar surface area (TPSA) is 60.9 Å². The summed E-state index contributed by atoms with van der Waals surface area (Å²) in [6.07, 6.45) is 0.743. The monoisotopic (exact) mass is 392 g/mol. The zero-order valence-corrected chi connectivity index (χ0v) is 17.5. The van der Waals surface area contributed by atoms with Crippen molar-refractivity contribution in [2.45, 2.75) is 26.3 Å². The van der Waals surface area contributed by atoms with Crippen molar-refractivity contribution >= 4 is 17.4 Å². The van der Waals surface area contributed by atoms with Crippen molar-refractivity contribution in [1.29, 1.82) is 0 Å². The van der Waals surface area contributed by atoms with Gasteiger partial charge in [0, 0.05) is 12.1 Å². The van der Waals surface area contributed by atoms with E-state index in [9.17, 15) is 14.7 Å². The molecule has 3 rings (SSSR count). The van der Waals surface area contributed by atoms with E-state index >= 15 is 0 Å². The maximum absolute atomic E-state index is 12.9. The van der Waals surface area contributed by atoms with Gasteiger partial charge in [-0.2, -0.15) is 0 Å². The van der Waals surface area contributed by atoms with Crippen LogP contribution in [0.25, 0.3) is 5.76 Å². The fourth-order valence-corrected chi connectivity index (χ4v) is 3.63. The molecule has 2 aromatic rings. The largest absolute Gasteiger partial charge is 0.507 e. The molecule has 1 aliphatic heterocycles. The summed E-state index contributed by atoms with van der Waals surface area (Å²) in [5, 5.41) is 11.0. The third-order valence-electron chi connectivity index (χ3n) is 5.26. The number of amides is 1. The van der Waals surface area contributed by atoms with E-state index in [0.29, 0.717) is 12.1 Å². The van der Waals surface area contributed by atoms with Crippen LogP contribution in [0.4, 0.5) is 0 Å². The summed E-state index contributed by atoms with van der Waals surface area (Å²) in [5.41, 5.74) is 3.68. The number of aryl methyl sites for hydroxylation is 2. The Morgan fingerprint density at radius 1 is 0.966 bits per heavy atom. The molecule has 29 heavy (non-hydrogen) atoms. The predicted molar refractivity (Wildman–Crippen MR) is 115 cm³/mol. The normalized spacial score (nSPS) is 18.7. The average Bonchev–Trinajstić information content (AvgIpc) is 2.93. The van der Waals surface area contributed by atoms with Gasteiger partial charge in [0.2, 0.25) is 0 Å². The highest BCUT2D eigenvalue weighted by Gasteiger charge is 2.45. The summed E-state index contributed by atoms with van der Waals surface area (Å²) in [6.45, 7) is 5.21. The molecule has 5 heteroatoms. The van der Waals surface area contributed by atoms with Gasteiger partial charge in [0.1, 0.15) is 5.76 Å². The number of likely N-dealkylation sites (tertiary alicyclic amines) is 1. The average molecular weight is 392 g/mol. The third kappa shape index (κ3) is 4.40. The molecule has 0 radical (unpaired) electrons. The lowest BCUT2D eigenvalue weighted by molar-refractivity contribution is -0.139. The molecule has 0 spiro atoms. The van der Waals surface area contributed by atoms with Crippen LogP contribution in [0.15, 0.2) is 54.1 Å². The van der Waals surface area contributed by atoms with E-state index in [2.05, 4.69) is 0 Å². The highest BCUT2D eigenvalue weighted by atomic mass is 16.3. The van der Waals surface area contributed by atoms with Crippen molar-refractivity contribution in [3.8, 4) is 0 Å². The number of rotatable bonds is 6. The van der Waals surface area contributed by atoms with Gasteiger partial charge in [-0.3, -0.25) is 9.59 Å². The highest BCUT2D eigenvalue weighted by molar-refractivity contribution is 6.46. The second-order valence-corrected chi connectivity index (χ2v) is 7.93. The molecular formula is C24H28N2O3. The molecule has 1 N–H and O–H groups in total. The number of hydrogen-bond acceptors (Lipinski definition) is 4. The van der Waals surface area contributed by atoms with Gasteiger partial charge in [-0.1, -0.05) is 59.7 Å². The molecule has 1 aliphatic rings. The number of nitrogens with zero attached hydrogens (tertiary/aromatic N) is 2. The molecule has 0 aromatic heterocycles. The van der Waals surface area contributed by atoms with Crippen LogP contribution in [0, 0.1) is 13.8 Å². The molecule has 1 fully saturated rings. The number of ketones is 1. The van der Waals surface area contributed by atoms with Crippen LogP contribution in [0.1, 0.15) is 34.7 Å². The van der Waals surface area contributed by atoms with Crippen molar-refractivity contribution in [1.82, 2.24) is 9.80 Å². The minimum Gasteiger partial charge on any atom is -0.507 e. The zero-order valence-electron chi connectivity index (χ0n) is 17.5. The molecular weight excluding hydrogens is 364 g/mol. The molecule has 0 bridgehead atoms. The maximum Gasteiger partial charge on any atom is 0.295 e. The number of Topliss-reactive ketones (excluding diaryl/α,β-unsaturated/α-hetero) is 1. The smallest absolute Gasteiger partial charge is 0.295 e. The summed E-state index contributed by atoms with van der Waals surface area (Å²) >= 11 is 0. The lowest BCUT2D eigenvalue weighted by Crippen LogP contribution is -2.32. The first-order chi connectivity index (χ1) is 13.8. The zero-order chi connectivity index (χ0) is 21.1. The lowest BCUT2D eigenvalue weighted by atomic mass is 9.94. The minimum atomic E-state index is -0.626. The Hall–Kier alpha value is -2.92. The first kappa shape index (κ1) is 20.8. The quantitative estimate of drug-likeness (QED) is 0.463. The van der Waals surface area contributed by atoms with Gasteiger partial charge in [-0.05, 0) is 46.5 Å². The number of aliphatic hydroxyl groups is 1. The van der Waals surface area contributed by atoms with E-state index in [-0.39, 0.29) is 11.3 Å². The standard InChI is InChI=1S/C24H28N2O3/c1-16-6-10-18(11-7-16)21-20(22(27)19-12-8-17(2)9-13-19)23(28)24(29)26(21)15-5-14-25(3)4/h6-13,21,27H,5,14-15H2,1-4H3/t21-/m0/s1. The van der Waals surface area contributed by atoms with Crippen LogP contribution in [-0.2, 0) is 9.59 Å². The molecule has 1 heterocycles. The first-order valence-electron chi connectivity index (χ1n) is 9.86. The van der Waals surface area contributed by atoms with Crippen LogP contribution in [0.5, 0.6) is 0 Å². The SMILES string of the molecule is Cc1ccc(C(O)=C2C(=O)C(=O)N(CCCN(C)C)[C@H]2c2ccc(C)cc2)cc1. The van der Waals surface area contributed by atoms with Crippen LogP contribution in [0.2, 0.25) is 0 Å². The Balaban J connectivity index is 2.07. The summed E-state index contributed by atoms with van der Waals surface area (Å²) in [7, 11) is 3.95. The molecule has 5 nitrogen and oxygen atoms in total. The molecule has 1 amide bonds. The van der Waals surface area contributed by atoms with Crippen LogP contribution >= 0.6 is 0 Å². The van der Waals surface area contributed by atoms with Crippen molar-refractivity contribution in [3.05, 3.63) is 76.4 Å². The fourth-order valence-electron chi connectivity index (χ4n) is 3.63. The fraction of sp³-hybridized carbons (Fsp3) is 0.333. The Labute approximate surface area is 172 Å². The third-order valence-corrected chi connectivity index (χ3v) is 5.26. The van der Waals surface area contributed by atoms with Gasteiger partial charge in [0.25, 0.3) is 11.7 Å². The summed E-state index contributed by atoms with van der Waals surface area (Å²) in [6, 6.07) is 14.5. The molecule has 2 aromatic carbocycles. The first-order valence-corrected chi connectivity index (χ1v) is 9.86. The lowest BCUT2D eigenvalue weighted by Gasteiger charge is -2.26. The second-order valence-electron chi connectivity index (χ2n) is 7.93. The highest BCUT2D eigenvalue weighted by Crippen LogP contribution is 2.39. The predicted octanol–water partition coefficient (Wildman–Crippen LogP) is 3.68. The number of aliphatic hydroxyl groups excluding tert-OH is 1. The van der Waals surface area contributed by atoms with E-state index in [1.165, 1.54) is 0 Å². The maximum atomic E-state index is 12.9. The minimum absolute atomic E-state index is 0.121. The van der Waals surface area contributed by atoms with Crippen molar-refractivity contribution in [3.63, 3.8) is 0 Å². The van der Waals surface area contributed by atoms with E-state index in [1.807, 2.05) is 69.2 Å². The molecule has 152 valence electrons. The Kier molecular flexibility index (Phi) is 6.18. The Morgan fingerprint density at radius 3 is 2.07 bits per heavy atom. The van der Waals surface area contributed by atoms with Gasteiger partial charge in [-0.15, -0.1) is 0 Å².